The second-order valence-corrected chi connectivity index (χ2v) is 7.37. The van der Waals surface area contributed by atoms with Gasteiger partial charge < -0.3 is 15.1 Å². The van der Waals surface area contributed by atoms with E-state index in [0.717, 1.165) is 27.3 Å². The molecule has 2 aromatic carbocycles. The fourth-order valence-corrected chi connectivity index (χ4v) is 3.24. The molecular weight excluding hydrogens is 338 g/mol. The van der Waals surface area contributed by atoms with Gasteiger partial charge in [-0.3, -0.25) is 9.59 Å². The van der Waals surface area contributed by atoms with Crippen LogP contribution < -0.4 is 10.2 Å². The molecule has 5 nitrogen and oxygen atoms in total. The maximum atomic E-state index is 12.4. The number of carbonyl (C=O) groups excluding carboxylic acids is 2. The first-order chi connectivity index (χ1) is 12.8. The lowest BCUT2D eigenvalue weighted by molar-refractivity contribution is -0.862. The summed E-state index contributed by atoms with van der Waals surface area (Å²) in [5.74, 6) is -0.0621. The normalized spacial score (nSPS) is 11.7. The van der Waals surface area contributed by atoms with E-state index >= 15 is 0 Å². The number of nitrogens with one attached hydrogen (secondary N) is 2. The Kier molecular flexibility index (Phi) is 7.13. The smallest absolute Gasteiger partial charge is 0.279 e. The van der Waals surface area contributed by atoms with Crippen LogP contribution in [0.2, 0.25) is 0 Å². The summed E-state index contributed by atoms with van der Waals surface area (Å²) in [5.41, 5.74) is 5.24. The third-order valence-electron chi connectivity index (χ3n) is 4.55. The minimum atomic E-state index is -0.0823. The zero-order valence-corrected chi connectivity index (χ0v) is 16.9. The van der Waals surface area contributed by atoms with Crippen molar-refractivity contribution in [1.82, 2.24) is 4.90 Å². The molecule has 2 aromatic rings. The van der Waals surface area contributed by atoms with Crippen LogP contribution in [0.25, 0.3) is 0 Å². The van der Waals surface area contributed by atoms with Crippen molar-refractivity contribution in [2.24, 2.45) is 0 Å². The van der Waals surface area contributed by atoms with Gasteiger partial charge in [0.1, 0.15) is 0 Å². The highest BCUT2D eigenvalue weighted by atomic mass is 16.2. The van der Waals surface area contributed by atoms with Gasteiger partial charge in [-0.1, -0.05) is 48.0 Å². The van der Waals surface area contributed by atoms with E-state index in [1.54, 1.807) is 11.9 Å². The summed E-state index contributed by atoms with van der Waals surface area (Å²) in [4.78, 5) is 27.4. The van der Waals surface area contributed by atoms with E-state index in [4.69, 9.17) is 0 Å². The summed E-state index contributed by atoms with van der Waals surface area (Å²) in [5, 5.41) is 2.99. The number of likely N-dealkylation sites (N-methyl/N-ethyl adjacent to an activating group) is 2. The highest BCUT2D eigenvalue weighted by Crippen LogP contribution is 2.21. The molecule has 0 aliphatic rings. The van der Waals surface area contributed by atoms with Gasteiger partial charge in [0.2, 0.25) is 0 Å². The van der Waals surface area contributed by atoms with Crippen molar-refractivity contribution >= 4 is 17.5 Å². The van der Waals surface area contributed by atoms with Gasteiger partial charge in [0, 0.05) is 19.3 Å². The Morgan fingerprint density at radius 1 is 1.00 bits per heavy atom. The summed E-state index contributed by atoms with van der Waals surface area (Å²) < 4.78 is 0. The average Bonchev–Trinajstić information content (AvgIpc) is 2.58. The highest BCUT2D eigenvalue weighted by molar-refractivity contribution is 5.93. The second kappa shape index (κ2) is 9.33. The van der Waals surface area contributed by atoms with Gasteiger partial charge in [0.15, 0.2) is 13.1 Å². The second-order valence-electron chi connectivity index (χ2n) is 7.37. The molecular formula is C22H30N3O2+. The Morgan fingerprint density at radius 3 is 2.19 bits per heavy atom. The Morgan fingerprint density at radius 2 is 1.59 bits per heavy atom. The number of aryl methyl sites for hydroxylation is 3. The predicted octanol–water partition coefficient (Wildman–Crippen LogP) is 1.72. The zero-order chi connectivity index (χ0) is 20.0. The molecule has 2 amide bonds. The highest BCUT2D eigenvalue weighted by Gasteiger charge is 2.18. The molecule has 0 saturated carbocycles. The monoisotopic (exact) mass is 368 g/mol. The predicted molar refractivity (Wildman–Crippen MR) is 109 cm³/mol. The molecule has 0 heterocycles. The lowest BCUT2D eigenvalue weighted by Crippen LogP contribution is -3.11. The standard InChI is InChI=1S/C22H29N3O2/c1-16-11-17(2)22(18(3)12-16)23-20(26)14-24(4)15-21(27)25(5)13-19-9-7-6-8-10-19/h6-12H,13-15H2,1-5H3,(H,23,26)/p+1. The number of amides is 2. The molecule has 1 unspecified atom stereocenters. The number of carbonyl (C=O) groups is 2. The lowest BCUT2D eigenvalue weighted by Gasteiger charge is -2.20. The largest absolute Gasteiger partial charge is 0.337 e. The number of anilines is 1. The molecule has 27 heavy (non-hydrogen) atoms. The van der Waals surface area contributed by atoms with E-state index in [9.17, 15) is 9.59 Å². The fourth-order valence-electron chi connectivity index (χ4n) is 3.24. The SMILES string of the molecule is Cc1cc(C)c(NC(=O)C[NH+](C)CC(=O)N(C)Cc2ccccc2)c(C)c1. The molecule has 0 bridgehead atoms. The Balaban J connectivity index is 1.86. The summed E-state index contributed by atoms with van der Waals surface area (Å²) in [6.07, 6.45) is 0. The van der Waals surface area contributed by atoms with Gasteiger partial charge >= 0.3 is 0 Å². The van der Waals surface area contributed by atoms with Crippen molar-refractivity contribution in [2.75, 3.05) is 32.5 Å². The summed E-state index contributed by atoms with van der Waals surface area (Å²) in [7, 11) is 3.66. The van der Waals surface area contributed by atoms with Crippen LogP contribution in [0.15, 0.2) is 42.5 Å². The third-order valence-corrected chi connectivity index (χ3v) is 4.55. The van der Waals surface area contributed by atoms with E-state index in [-0.39, 0.29) is 24.9 Å². The van der Waals surface area contributed by atoms with Crippen molar-refractivity contribution in [2.45, 2.75) is 27.3 Å². The van der Waals surface area contributed by atoms with E-state index < -0.39 is 0 Å². The molecule has 2 rings (SSSR count). The number of hydrogen-bond donors (Lipinski definition) is 2. The van der Waals surface area contributed by atoms with Gasteiger partial charge in [0.25, 0.3) is 11.8 Å². The minimum absolute atomic E-state index is 0.0202. The maximum Gasteiger partial charge on any atom is 0.279 e. The first-order valence-corrected chi connectivity index (χ1v) is 9.23. The number of nitrogens with zero attached hydrogens (tertiary/aromatic N) is 1. The number of hydrogen-bond acceptors (Lipinski definition) is 2. The van der Waals surface area contributed by atoms with Crippen molar-refractivity contribution in [3.63, 3.8) is 0 Å². The first-order valence-electron chi connectivity index (χ1n) is 9.23. The summed E-state index contributed by atoms with van der Waals surface area (Å²) in [6, 6.07) is 14.0. The van der Waals surface area contributed by atoms with E-state index in [1.165, 1.54) is 5.56 Å². The number of quaternary nitrogens is 1. The molecule has 0 saturated heterocycles. The Bertz CT molecular complexity index is 779. The van der Waals surface area contributed by atoms with Crippen molar-refractivity contribution in [3.05, 3.63) is 64.7 Å². The molecule has 0 aliphatic carbocycles. The fraction of sp³-hybridized carbons (Fsp3) is 0.364. The molecule has 5 heteroatoms. The Labute approximate surface area is 162 Å². The number of benzene rings is 2. The van der Waals surface area contributed by atoms with Crippen LogP contribution >= 0.6 is 0 Å². The van der Waals surface area contributed by atoms with Gasteiger partial charge in [0.05, 0.1) is 7.05 Å². The van der Waals surface area contributed by atoms with E-state index in [2.05, 4.69) is 17.4 Å². The topological polar surface area (TPSA) is 53.9 Å². The van der Waals surface area contributed by atoms with Crippen LogP contribution in [0.3, 0.4) is 0 Å². The quantitative estimate of drug-likeness (QED) is 0.782. The molecule has 0 fully saturated rings. The molecule has 2 N–H and O–H groups in total. The van der Waals surface area contributed by atoms with Crippen molar-refractivity contribution < 1.29 is 14.5 Å². The van der Waals surface area contributed by atoms with Crippen LogP contribution in [0, 0.1) is 20.8 Å². The average molecular weight is 369 g/mol. The van der Waals surface area contributed by atoms with Crippen LogP contribution in [0.5, 0.6) is 0 Å². The molecule has 144 valence electrons. The molecule has 0 aromatic heterocycles. The van der Waals surface area contributed by atoms with Crippen LogP contribution in [0.4, 0.5) is 5.69 Å². The minimum Gasteiger partial charge on any atom is -0.337 e. The summed E-state index contributed by atoms with van der Waals surface area (Å²) >= 11 is 0. The van der Waals surface area contributed by atoms with Crippen LogP contribution in [-0.4, -0.2) is 43.9 Å². The maximum absolute atomic E-state index is 12.4. The molecule has 0 aliphatic heterocycles. The summed E-state index contributed by atoms with van der Waals surface area (Å²) in [6.45, 7) is 7.13. The molecule has 1 atom stereocenters. The van der Waals surface area contributed by atoms with Crippen molar-refractivity contribution in [3.8, 4) is 0 Å². The van der Waals surface area contributed by atoms with Crippen LogP contribution in [0.1, 0.15) is 22.3 Å². The zero-order valence-electron chi connectivity index (χ0n) is 16.9. The first kappa shape index (κ1) is 20.6. The Hall–Kier alpha value is -2.66. The number of rotatable bonds is 7. The van der Waals surface area contributed by atoms with E-state index in [1.807, 2.05) is 58.2 Å². The molecule has 0 spiro atoms. The van der Waals surface area contributed by atoms with Crippen molar-refractivity contribution in [1.29, 1.82) is 0 Å². The lowest BCUT2D eigenvalue weighted by atomic mass is 10.1. The van der Waals surface area contributed by atoms with Gasteiger partial charge in [-0.15, -0.1) is 0 Å². The van der Waals surface area contributed by atoms with Crippen LogP contribution in [-0.2, 0) is 16.1 Å². The van der Waals surface area contributed by atoms with Gasteiger partial charge in [-0.05, 0) is 37.5 Å². The third kappa shape index (κ3) is 6.22. The van der Waals surface area contributed by atoms with Gasteiger partial charge in [-0.2, -0.15) is 0 Å². The van der Waals surface area contributed by atoms with Gasteiger partial charge in [-0.25, -0.2) is 0 Å². The molecule has 0 radical (unpaired) electrons. The van der Waals surface area contributed by atoms with E-state index in [0.29, 0.717) is 6.54 Å².